The minimum absolute atomic E-state index is 0.389. The second-order valence-electron chi connectivity index (χ2n) is 4.46. The fourth-order valence-electron chi connectivity index (χ4n) is 1.92. The van der Waals surface area contributed by atoms with Crippen LogP contribution < -0.4 is 15.2 Å². The first kappa shape index (κ1) is 14.3. The van der Waals surface area contributed by atoms with Gasteiger partial charge >= 0.3 is 0 Å². The third-order valence-electron chi connectivity index (χ3n) is 3.12. The first-order chi connectivity index (χ1) is 9.56. The number of aromatic nitrogens is 3. The molecular weight excluding hydrogens is 256 g/mol. The molecule has 1 atom stereocenters. The van der Waals surface area contributed by atoms with Crippen molar-refractivity contribution in [3.63, 3.8) is 0 Å². The van der Waals surface area contributed by atoms with Gasteiger partial charge in [-0.25, -0.2) is 4.98 Å². The second kappa shape index (κ2) is 5.92. The van der Waals surface area contributed by atoms with Gasteiger partial charge in [-0.2, -0.15) is 5.10 Å². The minimum atomic E-state index is -0.389. The summed E-state index contributed by atoms with van der Waals surface area (Å²) in [7, 11) is 3.45. The molecule has 0 unspecified atom stereocenters. The van der Waals surface area contributed by atoms with Crippen molar-refractivity contribution in [2.75, 3.05) is 13.7 Å². The lowest BCUT2D eigenvalue weighted by Gasteiger charge is -2.13. The molecule has 0 aliphatic heterocycles. The average Bonchev–Trinajstić information content (AvgIpc) is 2.78. The summed E-state index contributed by atoms with van der Waals surface area (Å²) in [6.45, 7) is 4.41. The molecule has 0 fully saturated rings. The van der Waals surface area contributed by atoms with Crippen molar-refractivity contribution < 1.29 is 9.47 Å². The third kappa shape index (κ3) is 2.75. The SMILES string of the molecule is CCOc1ccc([C@@H](N)c2nc(C)n(C)n2)cc1OC. The van der Waals surface area contributed by atoms with Crippen LogP contribution in [0, 0.1) is 6.92 Å². The Morgan fingerprint density at radius 2 is 2.10 bits per heavy atom. The first-order valence-corrected chi connectivity index (χ1v) is 6.50. The summed E-state index contributed by atoms with van der Waals surface area (Å²) in [6, 6.07) is 5.23. The topological polar surface area (TPSA) is 75.2 Å². The van der Waals surface area contributed by atoms with Crippen molar-refractivity contribution >= 4 is 0 Å². The van der Waals surface area contributed by atoms with Crippen LogP contribution in [0.1, 0.15) is 30.2 Å². The Labute approximate surface area is 118 Å². The normalized spacial score (nSPS) is 12.2. The van der Waals surface area contributed by atoms with Crippen LogP contribution in [0.5, 0.6) is 11.5 Å². The van der Waals surface area contributed by atoms with Gasteiger partial charge in [-0.3, -0.25) is 4.68 Å². The molecule has 20 heavy (non-hydrogen) atoms. The largest absolute Gasteiger partial charge is 0.493 e. The quantitative estimate of drug-likeness (QED) is 0.897. The Morgan fingerprint density at radius 1 is 1.35 bits per heavy atom. The molecule has 0 aliphatic carbocycles. The number of nitrogens with zero attached hydrogens (tertiary/aromatic N) is 3. The summed E-state index contributed by atoms with van der Waals surface area (Å²) in [4.78, 5) is 4.36. The zero-order valence-corrected chi connectivity index (χ0v) is 12.3. The van der Waals surface area contributed by atoms with Crippen LogP contribution in [0.4, 0.5) is 0 Å². The van der Waals surface area contributed by atoms with Gasteiger partial charge in [0.2, 0.25) is 0 Å². The number of hydrogen-bond donors (Lipinski definition) is 1. The van der Waals surface area contributed by atoms with E-state index in [1.807, 2.05) is 39.1 Å². The third-order valence-corrected chi connectivity index (χ3v) is 3.12. The molecule has 0 saturated carbocycles. The molecule has 6 heteroatoms. The van der Waals surface area contributed by atoms with E-state index in [0.717, 1.165) is 11.4 Å². The van der Waals surface area contributed by atoms with Gasteiger partial charge in [0.05, 0.1) is 19.8 Å². The van der Waals surface area contributed by atoms with Crippen molar-refractivity contribution in [2.45, 2.75) is 19.9 Å². The molecule has 2 N–H and O–H groups in total. The van der Waals surface area contributed by atoms with Crippen molar-refractivity contribution in [1.29, 1.82) is 0 Å². The molecule has 0 amide bonds. The van der Waals surface area contributed by atoms with Gasteiger partial charge in [0.15, 0.2) is 17.3 Å². The number of hydrogen-bond acceptors (Lipinski definition) is 5. The van der Waals surface area contributed by atoms with Crippen LogP contribution in [0.15, 0.2) is 18.2 Å². The van der Waals surface area contributed by atoms with E-state index in [1.165, 1.54) is 0 Å². The highest BCUT2D eigenvalue weighted by atomic mass is 16.5. The van der Waals surface area contributed by atoms with E-state index in [2.05, 4.69) is 10.1 Å². The molecule has 0 spiro atoms. The van der Waals surface area contributed by atoms with Gasteiger partial charge in [0, 0.05) is 7.05 Å². The van der Waals surface area contributed by atoms with Gasteiger partial charge < -0.3 is 15.2 Å². The molecule has 0 aliphatic rings. The van der Waals surface area contributed by atoms with Crippen molar-refractivity contribution in [2.24, 2.45) is 12.8 Å². The van der Waals surface area contributed by atoms with Gasteiger partial charge in [-0.05, 0) is 31.5 Å². The second-order valence-corrected chi connectivity index (χ2v) is 4.46. The van der Waals surface area contributed by atoms with Crippen LogP contribution in [0.2, 0.25) is 0 Å². The lowest BCUT2D eigenvalue weighted by molar-refractivity contribution is 0.310. The first-order valence-electron chi connectivity index (χ1n) is 6.50. The van der Waals surface area contributed by atoms with E-state index in [0.29, 0.717) is 23.9 Å². The zero-order chi connectivity index (χ0) is 14.7. The number of ether oxygens (including phenoxy) is 2. The van der Waals surface area contributed by atoms with Crippen LogP contribution in [0.3, 0.4) is 0 Å². The number of aryl methyl sites for hydroxylation is 2. The monoisotopic (exact) mass is 276 g/mol. The maximum atomic E-state index is 6.21. The Bertz CT molecular complexity index is 575. The molecule has 1 aromatic carbocycles. The zero-order valence-electron chi connectivity index (χ0n) is 12.3. The summed E-state index contributed by atoms with van der Waals surface area (Å²) in [5.41, 5.74) is 7.10. The van der Waals surface area contributed by atoms with Gasteiger partial charge in [-0.15, -0.1) is 0 Å². The van der Waals surface area contributed by atoms with Crippen molar-refractivity contribution in [3.8, 4) is 11.5 Å². The van der Waals surface area contributed by atoms with Crippen LogP contribution in [-0.4, -0.2) is 28.5 Å². The Kier molecular flexibility index (Phi) is 4.24. The van der Waals surface area contributed by atoms with Crippen LogP contribution >= 0.6 is 0 Å². The molecular formula is C14H20N4O2. The molecule has 6 nitrogen and oxygen atoms in total. The summed E-state index contributed by atoms with van der Waals surface area (Å²) in [6.07, 6.45) is 0. The van der Waals surface area contributed by atoms with Crippen LogP contribution in [0.25, 0.3) is 0 Å². The molecule has 108 valence electrons. The van der Waals surface area contributed by atoms with Gasteiger partial charge in [0.25, 0.3) is 0 Å². The Balaban J connectivity index is 2.32. The van der Waals surface area contributed by atoms with E-state index in [4.69, 9.17) is 15.2 Å². The maximum Gasteiger partial charge on any atom is 0.172 e. The van der Waals surface area contributed by atoms with Gasteiger partial charge in [-0.1, -0.05) is 6.07 Å². The summed E-state index contributed by atoms with van der Waals surface area (Å²) >= 11 is 0. The van der Waals surface area contributed by atoms with E-state index >= 15 is 0 Å². The minimum Gasteiger partial charge on any atom is -0.493 e. The van der Waals surface area contributed by atoms with Crippen molar-refractivity contribution in [3.05, 3.63) is 35.4 Å². The van der Waals surface area contributed by atoms with Crippen LogP contribution in [-0.2, 0) is 7.05 Å². The van der Waals surface area contributed by atoms with E-state index in [9.17, 15) is 0 Å². The predicted molar refractivity (Wildman–Crippen MR) is 75.9 cm³/mol. The van der Waals surface area contributed by atoms with E-state index in [-0.39, 0.29) is 6.04 Å². The number of benzene rings is 1. The Morgan fingerprint density at radius 3 is 2.65 bits per heavy atom. The highest BCUT2D eigenvalue weighted by Gasteiger charge is 2.17. The summed E-state index contributed by atoms with van der Waals surface area (Å²) in [5, 5.41) is 4.31. The molecule has 2 aromatic rings. The predicted octanol–water partition coefficient (Wildman–Crippen LogP) is 1.58. The number of methoxy groups -OCH3 is 1. The standard InChI is InChI=1S/C14H20N4O2/c1-5-20-11-7-6-10(8-12(11)19-4)13(15)14-16-9(2)18(3)17-14/h6-8,13H,5,15H2,1-4H3/t13-/m1/s1. The summed E-state index contributed by atoms with van der Waals surface area (Å²) in [5.74, 6) is 2.79. The molecule has 2 rings (SSSR count). The number of nitrogens with two attached hydrogens (primary N) is 1. The highest BCUT2D eigenvalue weighted by molar-refractivity contribution is 5.44. The number of rotatable bonds is 5. The molecule has 0 bridgehead atoms. The fourth-order valence-corrected chi connectivity index (χ4v) is 1.92. The van der Waals surface area contributed by atoms with Crippen molar-refractivity contribution in [1.82, 2.24) is 14.8 Å². The average molecular weight is 276 g/mol. The van der Waals surface area contributed by atoms with E-state index < -0.39 is 0 Å². The fraction of sp³-hybridized carbons (Fsp3) is 0.429. The summed E-state index contributed by atoms with van der Waals surface area (Å²) < 4.78 is 12.5. The maximum absolute atomic E-state index is 6.21. The molecule has 1 aromatic heterocycles. The smallest absolute Gasteiger partial charge is 0.172 e. The lowest BCUT2D eigenvalue weighted by Crippen LogP contribution is -2.14. The van der Waals surface area contributed by atoms with Gasteiger partial charge in [0.1, 0.15) is 5.82 Å². The highest BCUT2D eigenvalue weighted by Crippen LogP contribution is 2.30. The van der Waals surface area contributed by atoms with E-state index in [1.54, 1.807) is 11.8 Å². The molecule has 1 heterocycles. The molecule has 0 saturated heterocycles. The Hall–Kier alpha value is -2.08. The molecule has 0 radical (unpaired) electrons. The lowest BCUT2D eigenvalue weighted by atomic mass is 10.1.